The Labute approximate surface area is 114 Å². The quantitative estimate of drug-likeness (QED) is 0.867. The SMILES string of the molecule is CCn1nccc1CN[C@H](C)c1cccc(OC)c1. The molecule has 4 heteroatoms. The van der Waals surface area contributed by atoms with Gasteiger partial charge in [-0.2, -0.15) is 5.10 Å². The van der Waals surface area contributed by atoms with E-state index in [1.165, 1.54) is 11.3 Å². The topological polar surface area (TPSA) is 39.1 Å². The third-order valence-corrected chi connectivity index (χ3v) is 3.29. The summed E-state index contributed by atoms with van der Waals surface area (Å²) in [6, 6.07) is 10.5. The fourth-order valence-electron chi connectivity index (χ4n) is 2.08. The van der Waals surface area contributed by atoms with Crippen LogP contribution in [0.15, 0.2) is 36.5 Å². The van der Waals surface area contributed by atoms with Crippen LogP contribution in [0.1, 0.15) is 31.1 Å². The molecule has 0 aliphatic rings. The van der Waals surface area contributed by atoms with Gasteiger partial charge in [0.15, 0.2) is 0 Å². The molecule has 1 aromatic carbocycles. The van der Waals surface area contributed by atoms with Crippen LogP contribution in [0.25, 0.3) is 0 Å². The van der Waals surface area contributed by atoms with Gasteiger partial charge in [0.25, 0.3) is 0 Å². The highest BCUT2D eigenvalue weighted by Gasteiger charge is 2.07. The van der Waals surface area contributed by atoms with E-state index in [0.717, 1.165) is 18.8 Å². The summed E-state index contributed by atoms with van der Waals surface area (Å²) in [5.74, 6) is 0.893. The van der Waals surface area contributed by atoms with Crippen molar-refractivity contribution in [2.24, 2.45) is 0 Å². The first-order valence-electron chi connectivity index (χ1n) is 6.62. The highest BCUT2D eigenvalue weighted by molar-refractivity contribution is 5.30. The fraction of sp³-hybridized carbons (Fsp3) is 0.400. The number of rotatable bonds is 6. The number of nitrogens with zero attached hydrogens (tertiary/aromatic N) is 2. The molecule has 4 nitrogen and oxygen atoms in total. The predicted molar refractivity (Wildman–Crippen MR) is 76.1 cm³/mol. The molecular weight excluding hydrogens is 238 g/mol. The first-order valence-corrected chi connectivity index (χ1v) is 6.62. The van der Waals surface area contributed by atoms with Crippen molar-refractivity contribution in [3.8, 4) is 5.75 Å². The molecule has 102 valence electrons. The van der Waals surface area contributed by atoms with Crippen LogP contribution in [-0.2, 0) is 13.1 Å². The minimum absolute atomic E-state index is 0.273. The Morgan fingerprint density at radius 3 is 2.95 bits per heavy atom. The number of methoxy groups -OCH3 is 1. The smallest absolute Gasteiger partial charge is 0.119 e. The van der Waals surface area contributed by atoms with Crippen molar-refractivity contribution in [2.45, 2.75) is 33.0 Å². The van der Waals surface area contributed by atoms with Crippen LogP contribution in [0.2, 0.25) is 0 Å². The highest BCUT2D eigenvalue weighted by Crippen LogP contribution is 2.19. The van der Waals surface area contributed by atoms with Crippen LogP contribution >= 0.6 is 0 Å². The van der Waals surface area contributed by atoms with Crippen molar-refractivity contribution in [1.82, 2.24) is 15.1 Å². The lowest BCUT2D eigenvalue weighted by atomic mass is 10.1. The van der Waals surface area contributed by atoms with E-state index in [0.29, 0.717) is 0 Å². The summed E-state index contributed by atoms with van der Waals surface area (Å²) in [7, 11) is 1.69. The molecule has 0 fully saturated rings. The lowest BCUT2D eigenvalue weighted by molar-refractivity contribution is 0.413. The molecule has 2 aromatic rings. The molecule has 0 aliphatic heterocycles. The minimum atomic E-state index is 0.273. The number of benzene rings is 1. The number of hydrogen-bond acceptors (Lipinski definition) is 3. The number of hydrogen-bond donors (Lipinski definition) is 1. The molecular formula is C15H21N3O. The van der Waals surface area contributed by atoms with Crippen molar-refractivity contribution in [3.63, 3.8) is 0 Å². The third-order valence-electron chi connectivity index (χ3n) is 3.29. The highest BCUT2D eigenvalue weighted by atomic mass is 16.5. The normalized spacial score (nSPS) is 12.4. The molecule has 0 bridgehead atoms. The summed E-state index contributed by atoms with van der Waals surface area (Å²) >= 11 is 0. The van der Waals surface area contributed by atoms with Crippen LogP contribution in [0.5, 0.6) is 5.75 Å². The molecule has 0 unspecified atom stereocenters. The Kier molecular flexibility index (Phi) is 4.58. The zero-order valence-electron chi connectivity index (χ0n) is 11.8. The Morgan fingerprint density at radius 2 is 2.21 bits per heavy atom. The molecule has 2 rings (SSSR count). The van der Waals surface area contributed by atoms with Gasteiger partial charge in [0, 0.05) is 25.3 Å². The van der Waals surface area contributed by atoms with Crippen molar-refractivity contribution >= 4 is 0 Å². The van der Waals surface area contributed by atoms with Crippen LogP contribution in [0, 0.1) is 0 Å². The van der Waals surface area contributed by atoms with Gasteiger partial charge >= 0.3 is 0 Å². The number of ether oxygens (including phenoxy) is 1. The third kappa shape index (κ3) is 3.35. The van der Waals surface area contributed by atoms with E-state index in [9.17, 15) is 0 Å². The van der Waals surface area contributed by atoms with Gasteiger partial charge in [0.05, 0.1) is 12.8 Å². The van der Waals surface area contributed by atoms with Gasteiger partial charge in [-0.15, -0.1) is 0 Å². The summed E-state index contributed by atoms with van der Waals surface area (Å²) in [4.78, 5) is 0. The Hall–Kier alpha value is -1.81. The van der Waals surface area contributed by atoms with Crippen molar-refractivity contribution in [3.05, 3.63) is 47.8 Å². The molecule has 0 amide bonds. The minimum Gasteiger partial charge on any atom is -0.497 e. The zero-order valence-corrected chi connectivity index (χ0v) is 11.8. The van der Waals surface area contributed by atoms with E-state index >= 15 is 0 Å². The average Bonchev–Trinajstić information content (AvgIpc) is 2.92. The summed E-state index contributed by atoms with van der Waals surface area (Å²) in [5, 5.41) is 7.78. The second-order valence-corrected chi connectivity index (χ2v) is 4.52. The van der Waals surface area contributed by atoms with E-state index in [2.05, 4.69) is 42.5 Å². The second kappa shape index (κ2) is 6.38. The predicted octanol–water partition coefficient (Wildman–Crippen LogP) is 2.76. The van der Waals surface area contributed by atoms with Gasteiger partial charge in [-0.3, -0.25) is 4.68 Å². The molecule has 19 heavy (non-hydrogen) atoms. The van der Waals surface area contributed by atoms with Gasteiger partial charge < -0.3 is 10.1 Å². The summed E-state index contributed by atoms with van der Waals surface area (Å²) in [6.45, 7) is 5.97. The first kappa shape index (κ1) is 13.6. The van der Waals surface area contributed by atoms with Gasteiger partial charge in [-0.1, -0.05) is 12.1 Å². The lowest BCUT2D eigenvalue weighted by Crippen LogP contribution is -2.20. The maximum Gasteiger partial charge on any atom is 0.119 e. The molecule has 1 N–H and O–H groups in total. The summed E-state index contributed by atoms with van der Waals surface area (Å²) < 4.78 is 7.26. The largest absolute Gasteiger partial charge is 0.497 e. The Morgan fingerprint density at radius 1 is 1.37 bits per heavy atom. The van der Waals surface area contributed by atoms with E-state index in [4.69, 9.17) is 4.74 Å². The molecule has 0 radical (unpaired) electrons. The number of aromatic nitrogens is 2. The number of aryl methyl sites for hydroxylation is 1. The average molecular weight is 259 g/mol. The lowest BCUT2D eigenvalue weighted by Gasteiger charge is -2.15. The van der Waals surface area contributed by atoms with E-state index < -0.39 is 0 Å². The van der Waals surface area contributed by atoms with Crippen LogP contribution in [-0.4, -0.2) is 16.9 Å². The van der Waals surface area contributed by atoms with Gasteiger partial charge in [0.2, 0.25) is 0 Å². The van der Waals surface area contributed by atoms with Gasteiger partial charge in [0.1, 0.15) is 5.75 Å². The molecule has 0 aliphatic carbocycles. The van der Waals surface area contributed by atoms with E-state index in [-0.39, 0.29) is 6.04 Å². The standard InChI is InChI=1S/C15H21N3O/c1-4-18-14(8-9-17-18)11-16-12(2)13-6-5-7-15(10-13)19-3/h5-10,12,16H,4,11H2,1-3H3/t12-/m1/s1. The van der Waals surface area contributed by atoms with Crippen LogP contribution in [0.3, 0.4) is 0 Å². The molecule has 0 spiro atoms. The zero-order chi connectivity index (χ0) is 13.7. The molecule has 0 saturated heterocycles. The summed E-state index contributed by atoms with van der Waals surface area (Å²) in [5.41, 5.74) is 2.43. The molecule has 1 atom stereocenters. The Balaban J connectivity index is 1.99. The fourth-order valence-corrected chi connectivity index (χ4v) is 2.08. The number of nitrogens with one attached hydrogen (secondary N) is 1. The Bertz CT molecular complexity index is 522. The van der Waals surface area contributed by atoms with Crippen molar-refractivity contribution < 1.29 is 4.74 Å². The second-order valence-electron chi connectivity index (χ2n) is 4.52. The molecule has 0 saturated carbocycles. The van der Waals surface area contributed by atoms with Crippen molar-refractivity contribution in [2.75, 3.05) is 7.11 Å². The maximum atomic E-state index is 5.25. The maximum absolute atomic E-state index is 5.25. The summed E-state index contributed by atoms with van der Waals surface area (Å²) in [6.07, 6.45) is 1.84. The molecule has 1 heterocycles. The van der Waals surface area contributed by atoms with Gasteiger partial charge in [-0.25, -0.2) is 0 Å². The van der Waals surface area contributed by atoms with Crippen LogP contribution < -0.4 is 10.1 Å². The van der Waals surface area contributed by atoms with E-state index in [1.807, 2.05) is 23.0 Å². The first-order chi connectivity index (χ1) is 9.24. The van der Waals surface area contributed by atoms with Crippen LogP contribution in [0.4, 0.5) is 0 Å². The monoisotopic (exact) mass is 259 g/mol. The van der Waals surface area contributed by atoms with E-state index in [1.54, 1.807) is 7.11 Å². The molecule has 1 aromatic heterocycles. The van der Waals surface area contributed by atoms with Gasteiger partial charge in [-0.05, 0) is 37.6 Å². The van der Waals surface area contributed by atoms with Crippen molar-refractivity contribution in [1.29, 1.82) is 0 Å².